The molecule has 2 fully saturated rings. The number of hydrogen-bond donors (Lipinski definition) is 0. The molecule has 2 aliphatic heterocycles. The first-order valence-corrected chi connectivity index (χ1v) is 6.53. The summed E-state index contributed by atoms with van der Waals surface area (Å²) in [6.45, 7) is 1.71. The van der Waals surface area contributed by atoms with Crippen molar-refractivity contribution in [2.45, 2.75) is 24.7 Å². The molecule has 0 radical (unpaired) electrons. The van der Waals surface area contributed by atoms with Crippen LogP contribution in [0.15, 0.2) is 33.5 Å². The number of benzene rings is 1. The third kappa shape index (κ3) is 1.62. The summed E-state index contributed by atoms with van der Waals surface area (Å²) >= 11 is 0. The molecule has 108 valence electrons. The van der Waals surface area contributed by atoms with Crippen molar-refractivity contribution in [3.8, 4) is 5.75 Å². The van der Waals surface area contributed by atoms with Crippen molar-refractivity contribution < 1.29 is 23.4 Å². The fourth-order valence-electron chi connectivity index (χ4n) is 2.78. The summed E-state index contributed by atoms with van der Waals surface area (Å²) in [6, 6.07) is 6.42. The SMILES string of the molecule is COc1cc2oc(=O)ccc2cc1C1OC(=O)[C@@]2(C)O[C@@H]12. The molecule has 2 saturated heterocycles. The highest BCUT2D eigenvalue weighted by Crippen LogP contribution is 2.54. The zero-order valence-corrected chi connectivity index (χ0v) is 11.4. The summed E-state index contributed by atoms with van der Waals surface area (Å²) in [4.78, 5) is 23.1. The predicted molar refractivity (Wildman–Crippen MR) is 71.1 cm³/mol. The van der Waals surface area contributed by atoms with E-state index in [0.29, 0.717) is 16.9 Å². The number of fused-ring (bicyclic) bond motifs is 2. The Balaban J connectivity index is 1.87. The number of epoxide rings is 1. The number of methoxy groups -OCH3 is 1. The molecule has 0 bridgehead atoms. The molecule has 0 N–H and O–H groups in total. The standard InChI is InChI=1S/C15H12O6/c1-15-13(21-15)12(20-14(15)17)8-5-7-3-4-11(16)19-9(7)6-10(8)18-2/h3-6,12-13H,1-2H3/t12?,13-,15-/m0/s1. The third-order valence-electron chi connectivity index (χ3n) is 4.05. The average molecular weight is 288 g/mol. The zero-order valence-electron chi connectivity index (χ0n) is 11.4. The molecule has 3 atom stereocenters. The number of cyclic esters (lactones) is 1. The van der Waals surface area contributed by atoms with Gasteiger partial charge in [0.2, 0.25) is 0 Å². The van der Waals surface area contributed by atoms with Gasteiger partial charge in [-0.2, -0.15) is 0 Å². The van der Waals surface area contributed by atoms with Crippen molar-refractivity contribution in [3.05, 3.63) is 40.2 Å². The number of ether oxygens (including phenoxy) is 3. The van der Waals surface area contributed by atoms with Crippen LogP contribution in [0.25, 0.3) is 11.0 Å². The largest absolute Gasteiger partial charge is 0.496 e. The van der Waals surface area contributed by atoms with Crippen LogP contribution in [-0.4, -0.2) is 24.8 Å². The van der Waals surface area contributed by atoms with Gasteiger partial charge in [0.15, 0.2) is 11.7 Å². The summed E-state index contributed by atoms with van der Waals surface area (Å²) in [5.41, 5.74) is -0.138. The van der Waals surface area contributed by atoms with Gasteiger partial charge >= 0.3 is 11.6 Å². The minimum Gasteiger partial charge on any atom is -0.496 e. The van der Waals surface area contributed by atoms with Crippen LogP contribution in [0.2, 0.25) is 0 Å². The van der Waals surface area contributed by atoms with Gasteiger partial charge in [0.1, 0.15) is 17.4 Å². The van der Waals surface area contributed by atoms with Crippen LogP contribution >= 0.6 is 0 Å². The molecule has 3 heterocycles. The van der Waals surface area contributed by atoms with E-state index in [0.717, 1.165) is 5.39 Å². The number of carbonyl (C=O) groups excluding carboxylic acids is 1. The van der Waals surface area contributed by atoms with Crippen molar-refractivity contribution >= 4 is 16.9 Å². The van der Waals surface area contributed by atoms with Gasteiger partial charge in [0, 0.05) is 23.1 Å². The Labute approximate surface area is 119 Å². The maximum absolute atomic E-state index is 11.8. The Morgan fingerprint density at radius 3 is 2.67 bits per heavy atom. The van der Waals surface area contributed by atoms with Crippen molar-refractivity contribution in [2.24, 2.45) is 0 Å². The minimum atomic E-state index is -0.839. The first kappa shape index (κ1) is 12.4. The summed E-state index contributed by atoms with van der Waals surface area (Å²) in [7, 11) is 1.51. The normalized spacial score (nSPS) is 30.1. The van der Waals surface area contributed by atoms with E-state index in [4.69, 9.17) is 18.6 Å². The lowest BCUT2D eigenvalue weighted by Crippen LogP contribution is -2.17. The monoisotopic (exact) mass is 288 g/mol. The Hall–Kier alpha value is -2.34. The highest BCUT2D eigenvalue weighted by molar-refractivity contribution is 5.87. The Morgan fingerprint density at radius 2 is 2.05 bits per heavy atom. The van der Waals surface area contributed by atoms with Crippen LogP contribution < -0.4 is 10.4 Å². The van der Waals surface area contributed by atoms with Gasteiger partial charge in [-0.05, 0) is 19.1 Å². The lowest BCUT2D eigenvalue weighted by molar-refractivity contribution is -0.153. The molecule has 6 heteroatoms. The lowest BCUT2D eigenvalue weighted by atomic mass is 9.99. The maximum atomic E-state index is 11.8. The first-order chi connectivity index (χ1) is 10.0. The van der Waals surface area contributed by atoms with Crippen molar-refractivity contribution in [1.29, 1.82) is 0 Å². The highest BCUT2D eigenvalue weighted by Gasteiger charge is 2.70. The topological polar surface area (TPSA) is 78.3 Å². The second kappa shape index (κ2) is 3.85. The fraction of sp³-hybridized carbons (Fsp3) is 0.333. The smallest absolute Gasteiger partial charge is 0.341 e. The number of hydrogen-bond acceptors (Lipinski definition) is 6. The number of rotatable bonds is 2. The molecule has 21 heavy (non-hydrogen) atoms. The van der Waals surface area contributed by atoms with Gasteiger partial charge in [0.25, 0.3) is 0 Å². The van der Waals surface area contributed by atoms with E-state index in [2.05, 4.69) is 0 Å². The van der Waals surface area contributed by atoms with Gasteiger partial charge in [-0.3, -0.25) is 0 Å². The number of carbonyl (C=O) groups is 1. The summed E-state index contributed by atoms with van der Waals surface area (Å²) in [5.74, 6) is 0.133. The van der Waals surface area contributed by atoms with Crippen molar-refractivity contribution in [1.82, 2.24) is 0 Å². The van der Waals surface area contributed by atoms with Crippen molar-refractivity contribution in [3.63, 3.8) is 0 Å². The van der Waals surface area contributed by atoms with Crippen LogP contribution in [0.3, 0.4) is 0 Å². The Bertz CT molecular complexity index is 823. The van der Waals surface area contributed by atoms with E-state index in [1.165, 1.54) is 13.2 Å². The summed E-state index contributed by atoms with van der Waals surface area (Å²) in [6.07, 6.45) is -0.805. The zero-order chi connectivity index (χ0) is 14.8. The van der Waals surface area contributed by atoms with Crippen molar-refractivity contribution in [2.75, 3.05) is 7.11 Å². The van der Waals surface area contributed by atoms with Gasteiger partial charge in [-0.1, -0.05) is 0 Å². The maximum Gasteiger partial charge on any atom is 0.341 e. The van der Waals surface area contributed by atoms with Gasteiger partial charge in [0.05, 0.1) is 7.11 Å². The second-order valence-corrected chi connectivity index (χ2v) is 5.36. The van der Waals surface area contributed by atoms with Crippen LogP contribution in [0.1, 0.15) is 18.6 Å². The van der Waals surface area contributed by atoms with Gasteiger partial charge in [-0.15, -0.1) is 0 Å². The second-order valence-electron chi connectivity index (χ2n) is 5.36. The predicted octanol–water partition coefficient (Wildman–Crippen LogP) is 1.56. The van der Waals surface area contributed by atoms with Crippen LogP contribution in [0.4, 0.5) is 0 Å². The minimum absolute atomic E-state index is 0.299. The molecular weight excluding hydrogens is 276 g/mol. The average Bonchev–Trinajstić information content (AvgIpc) is 3.09. The molecule has 2 aromatic rings. The molecule has 0 spiro atoms. The summed E-state index contributed by atoms with van der Waals surface area (Å²) < 4.78 is 21.3. The molecule has 0 amide bonds. The molecule has 1 aromatic carbocycles. The first-order valence-electron chi connectivity index (χ1n) is 6.53. The van der Waals surface area contributed by atoms with Gasteiger partial charge < -0.3 is 18.6 Å². The van der Waals surface area contributed by atoms with Gasteiger partial charge in [-0.25, -0.2) is 9.59 Å². The van der Waals surface area contributed by atoms with E-state index in [1.807, 2.05) is 0 Å². The molecule has 1 aromatic heterocycles. The molecular formula is C15H12O6. The lowest BCUT2D eigenvalue weighted by Gasteiger charge is -2.16. The van der Waals surface area contributed by atoms with E-state index >= 15 is 0 Å². The molecule has 2 aliphatic rings. The third-order valence-corrected chi connectivity index (χ3v) is 4.05. The Kier molecular flexibility index (Phi) is 2.28. The summed E-state index contributed by atoms with van der Waals surface area (Å²) in [5, 5.41) is 0.732. The Morgan fingerprint density at radius 1 is 1.24 bits per heavy atom. The quantitative estimate of drug-likeness (QED) is 0.474. The molecule has 0 aliphatic carbocycles. The molecule has 0 saturated carbocycles. The van der Waals surface area contributed by atoms with Crippen LogP contribution in [-0.2, 0) is 14.3 Å². The molecule has 1 unspecified atom stereocenters. The van der Waals surface area contributed by atoms with E-state index < -0.39 is 17.3 Å². The fourth-order valence-corrected chi connectivity index (χ4v) is 2.78. The number of esters is 1. The van der Waals surface area contributed by atoms with Crippen LogP contribution in [0, 0.1) is 0 Å². The van der Waals surface area contributed by atoms with Crippen LogP contribution in [0.5, 0.6) is 5.75 Å². The molecule has 6 nitrogen and oxygen atoms in total. The molecule has 4 rings (SSSR count). The van der Waals surface area contributed by atoms with E-state index in [1.54, 1.807) is 25.1 Å². The van der Waals surface area contributed by atoms with E-state index in [-0.39, 0.29) is 12.1 Å². The highest BCUT2D eigenvalue weighted by atomic mass is 16.7. The van der Waals surface area contributed by atoms with E-state index in [9.17, 15) is 9.59 Å².